The van der Waals surface area contributed by atoms with Gasteiger partial charge in [0.15, 0.2) is 0 Å². The second-order valence-electron chi connectivity index (χ2n) is 9.32. The molecule has 0 saturated carbocycles. The number of carboxylic acids is 2. The number of carboxylic acid groups (broad SMARTS) is 2. The lowest BCUT2D eigenvalue weighted by Crippen LogP contribution is -2.32. The monoisotopic (exact) mass is 559 g/mol. The first-order chi connectivity index (χ1) is 19.6. The number of nitrogens with two attached hydrogens (primary N) is 3. The van der Waals surface area contributed by atoms with Gasteiger partial charge in [0.25, 0.3) is 0 Å². The molecule has 4 rings (SSSR count). The molecule has 0 aliphatic rings. The van der Waals surface area contributed by atoms with Crippen LogP contribution >= 0.6 is 0 Å². The average Bonchev–Trinajstić information content (AvgIpc) is 2.97. The standard InChI is InChI=1S/C13H13NO2.C10H13NO2.C9H11NO2/c1-9(14)13(15)16-12-7-6-10-4-2-3-5-11(10)8-12;11-9(10(12)13)7-6-8-4-2-1-3-5-8;10-8(9(11)12)6-7-4-2-1-3-5-7/h2-9H,14H2,1H3;1-5,9H,6-7,11H2,(H,12,13);1-5,8H,6,10H2,(H,11,12)/t2*9-;8-/m001/s1. The van der Waals surface area contributed by atoms with Gasteiger partial charge in [-0.25, -0.2) is 4.79 Å². The normalized spacial score (nSPS) is 12.4. The van der Waals surface area contributed by atoms with E-state index < -0.39 is 36.0 Å². The van der Waals surface area contributed by atoms with Crippen LogP contribution in [0.4, 0.5) is 0 Å². The van der Waals surface area contributed by atoms with E-state index >= 15 is 0 Å². The van der Waals surface area contributed by atoms with Crippen molar-refractivity contribution in [3.63, 3.8) is 0 Å². The SMILES string of the molecule is C[C@H](N)C(=O)Oc1ccc2ccccc2c1.N[C@@H](CCc1ccccc1)C(=O)O.N[C@H](Cc1ccccc1)C(=O)O. The van der Waals surface area contributed by atoms with Crippen molar-refractivity contribution in [2.45, 2.75) is 44.3 Å². The topological polar surface area (TPSA) is 179 Å². The maximum absolute atomic E-state index is 11.3. The average molecular weight is 560 g/mol. The van der Waals surface area contributed by atoms with Crippen molar-refractivity contribution < 1.29 is 29.3 Å². The van der Waals surface area contributed by atoms with Crippen LogP contribution < -0.4 is 21.9 Å². The molecule has 41 heavy (non-hydrogen) atoms. The van der Waals surface area contributed by atoms with E-state index in [-0.39, 0.29) is 0 Å². The highest BCUT2D eigenvalue weighted by molar-refractivity contribution is 5.85. The van der Waals surface area contributed by atoms with E-state index in [9.17, 15) is 14.4 Å². The van der Waals surface area contributed by atoms with Gasteiger partial charge in [0.1, 0.15) is 23.9 Å². The lowest BCUT2D eigenvalue weighted by molar-refractivity contribution is -0.139. The largest absolute Gasteiger partial charge is 0.480 e. The number of rotatable bonds is 9. The zero-order valence-electron chi connectivity index (χ0n) is 22.9. The third-order valence-electron chi connectivity index (χ3n) is 5.83. The summed E-state index contributed by atoms with van der Waals surface area (Å²) in [7, 11) is 0. The first-order valence-electron chi connectivity index (χ1n) is 13.1. The molecule has 0 radical (unpaired) electrons. The number of carbonyl (C=O) groups is 3. The first kappa shape index (κ1) is 32.6. The van der Waals surface area contributed by atoms with Crippen LogP contribution in [0.2, 0.25) is 0 Å². The second-order valence-corrected chi connectivity index (χ2v) is 9.32. The number of aryl methyl sites for hydroxylation is 1. The van der Waals surface area contributed by atoms with Crippen molar-refractivity contribution in [3.05, 3.63) is 114 Å². The second kappa shape index (κ2) is 17.2. The molecule has 0 aliphatic carbocycles. The molecule has 0 fully saturated rings. The maximum Gasteiger partial charge on any atom is 0.328 e. The molecule has 3 atom stereocenters. The van der Waals surface area contributed by atoms with Crippen molar-refractivity contribution in [1.82, 2.24) is 0 Å². The Labute approximate surface area is 239 Å². The van der Waals surface area contributed by atoms with Crippen molar-refractivity contribution >= 4 is 28.7 Å². The number of esters is 1. The summed E-state index contributed by atoms with van der Waals surface area (Å²) in [5, 5.41) is 19.2. The Balaban J connectivity index is 0.000000218. The Morgan fingerprint density at radius 2 is 1.20 bits per heavy atom. The van der Waals surface area contributed by atoms with E-state index in [0.29, 0.717) is 25.0 Å². The molecule has 216 valence electrons. The van der Waals surface area contributed by atoms with Crippen molar-refractivity contribution in [1.29, 1.82) is 0 Å². The van der Waals surface area contributed by atoms with Gasteiger partial charge in [-0.15, -0.1) is 0 Å². The van der Waals surface area contributed by atoms with Crippen LogP contribution in [0.5, 0.6) is 5.75 Å². The molecule has 9 nitrogen and oxygen atoms in total. The van der Waals surface area contributed by atoms with Crippen LogP contribution in [-0.4, -0.2) is 46.2 Å². The summed E-state index contributed by atoms with van der Waals surface area (Å²) in [4.78, 5) is 32.1. The van der Waals surface area contributed by atoms with Crippen molar-refractivity contribution in [3.8, 4) is 5.75 Å². The van der Waals surface area contributed by atoms with E-state index in [1.165, 1.54) is 0 Å². The van der Waals surface area contributed by atoms with Gasteiger partial charge in [-0.1, -0.05) is 91.0 Å². The van der Waals surface area contributed by atoms with Gasteiger partial charge in [-0.3, -0.25) is 9.59 Å². The highest BCUT2D eigenvalue weighted by Gasteiger charge is 2.12. The maximum atomic E-state index is 11.3. The third kappa shape index (κ3) is 12.4. The predicted molar refractivity (Wildman–Crippen MR) is 159 cm³/mol. The van der Waals surface area contributed by atoms with Gasteiger partial charge < -0.3 is 32.2 Å². The summed E-state index contributed by atoms with van der Waals surface area (Å²) in [6.07, 6.45) is 1.59. The summed E-state index contributed by atoms with van der Waals surface area (Å²) in [6.45, 7) is 1.60. The Hall–Kier alpha value is -4.57. The predicted octanol–water partition coefficient (Wildman–Crippen LogP) is 3.76. The highest BCUT2D eigenvalue weighted by atomic mass is 16.5. The molecule has 0 heterocycles. The van der Waals surface area contributed by atoms with E-state index in [2.05, 4.69) is 0 Å². The van der Waals surface area contributed by atoms with E-state index in [1.54, 1.807) is 13.0 Å². The van der Waals surface area contributed by atoms with Crippen LogP contribution in [0.1, 0.15) is 24.5 Å². The number of carbonyl (C=O) groups excluding carboxylic acids is 1. The summed E-state index contributed by atoms with van der Waals surface area (Å²) in [5.41, 5.74) is 18.2. The minimum Gasteiger partial charge on any atom is -0.480 e. The number of hydrogen-bond acceptors (Lipinski definition) is 7. The minimum atomic E-state index is -0.959. The molecule has 0 aliphatic heterocycles. The van der Waals surface area contributed by atoms with Gasteiger partial charge in [0, 0.05) is 0 Å². The van der Waals surface area contributed by atoms with Crippen LogP contribution in [0.25, 0.3) is 10.8 Å². The highest BCUT2D eigenvalue weighted by Crippen LogP contribution is 2.20. The molecule has 8 N–H and O–H groups in total. The molecular formula is C32H37N3O6. The summed E-state index contributed by atoms with van der Waals surface area (Å²) in [6, 6.07) is 30.3. The Morgan fingerprint density at radius 3 is 1.73 bits per heavy atom. The van der Waals surface area contributed by atoms with Gasteiger partial charge >= 0.3 is 17.9 Å². The first-order valence-corrected chi connectivity index (χ1v) is 13.1. The van der Waals surface area contributed by atoms with Gasteiger partial charge in [-0.05, 0) is 60.2 Å². The van der Waals surface area contributed by atoms with E-state index in [1.807, 2.05) is 97.1 Å². The quantitative estimate of drug-likeness (QED) is 0.151. The number of aliphatic carboxylic acids is 2. The van der Waals surface area contributed by atoms with Crippen LogP contribution in [0.15, 0.2) is 103 Å². The zero-order chi connectivity index (χ0) is 30.2. The van der Waals surface area contributed by atoms with Crippen LogP contribution in [-0.2, 0) is 27.2 Å². The van der Waals surface area contributed by atoms with Gasteiger partial charge in [0.05, 0.1) is 0 Å². The summed E-state index contributed by atoms with van der Waals surface area (Å²) in [5.74, 6) is -1.79. The van der Waals surface area contributed by atoms with Crippen molar-refractivity contribution in [2.75, 3.05) is 0 Å². The molecular weight excluding hydrogens is 522 g/mol. The molecule has 0 bridgehead atoms. The van der Waals surface area contributed by atoms with Crippen molar-refractivity contribution in [2.24, 2.45) is 17.2 Å². The summed E-state index contributed by atoms with van der Waals surface area (Å²) < 4.78 is 5.12. The molecule has 0 saturated heterocycles. The molecule has 9 heteroatoms. The Bertz CT molecular complexity index is 1380. The smallest absolute Gasteiger partial charge is 0.328 e. The van der Waals surface area contributed by atoms with Gasteiger partial charge in [0.2, 0.25) is 0 Å². The fourth-order valence-corrected chi connectivity index (χ4v) is 3.49. The molecule has 4 aromatic rings. The van der Waals surface area contributed by atoms with Crippen LogP contribution in [0, 0.1) is 0 Å². The lowest BCUT2D eigenvalue weighted by Gasteiger charge is -2.07. The number of ether oxygens (including phenoxy) is 1. The third-order valence-corrected chi connectivity index (χ3v) is 5.83. The molecule has 0 amide bonds. The Kier molecular flexibility index (Phi) is 13.7. The van der Waals surface area contributed by atoms with E-state index in [0.717, 1.165) is 21.9 Å². The molecule has 0 aromatic heterocycles. The minimum absolute atomic E-state index is 0.385. The van der Waals surface area contributed by atoms with E-state index in [4.69, 9.17) is 32.2 Å². The number of hydrogen-bond donors (Lipinski definition) is 5. The Morgan fingerprint density at radius 1 is 0.683 bits per heavy atom. The van der Waals surface area contributed by atoms with Crippen LogP contribution in [0.3, 0.4) is 0 Å². The summed E-state index contributed by atoms with van der Waals surface area (Å²) >= 11 is 0. The number of benzene rings is 4. The van der Waals surface area contributed by atoms with Gasteiger partial charge in [-0.2, -0.15) is 0 Å². The zero-order valence-corrected chi connectivity index (χ0v) is 22.9. The molecule has 0 unspecified atom stereocenters. The number of fused-ring (bicyclic) bond motifs is 1. The molecule has 4 aromatic carbocycles. The molecule has 0 spiro atoms. The lowest BCUT2D eigenvalue weighted by atomic mass is 10.1. The fourth-order valence-electron chi connectivity index (χ4n) is 3.49. The fraction of sp³-hybridized carbons (Fsp3) is 0.219.